The van der Waals surface area contributed by atoms with E-state index in [0.717, 1.165) is 0 Å². The molecular formula is H30O35Si10. The van der Waals surface area contributed by atoms with Crippen LogP contribution in [0.1, 0.15) is 0 Å². The molecule has 0 bridgehead atoms. The SMILES string of the molecule is O[Si](O)(O)O[Si](O)(O)O.O[Si](O)(O)O[Si](O)(O)O.O[Si](O)(O)O[Si](O)(O)O.O[Si](O)(O)O[Si](O)(O)O.O[Si](O)(O)O[Si](O)(O)O. The molecule has 0 spiro atoms. The van der Waals surface area contributed by atoms with Crippen LogP contribution in [-0.2, 0) is 20.6 Å². The fraction of sp³-hybridized carbons (Fsp3) is 0. The van der Waals surface area contributed by atoms with Crippen molar-refractivity contribution in [1.29, 1.82) is 0 Å². The Balaban J connectivity index is -0.000000148. The van der Waals surface area contributed by atoms with Crippen molar-refractivity contribution in [3.05, 3.63) is 0 Å². The van der Waals surface area contributed by atoms with Gasteiger partial charge in [-0.05, 0) is 0 Å². The normalized spacial score (nSPS) is 14.0. The molecule has 0 atom stereocenters. The van der Waals surface area contributed by atoms with E-state index >= 15 is 0 Å². The van der Waals surface area contributed by atoms with Gasteiger partial charge in [-0.1, -0.05) is 0 Å². The molecule has 280 valence electrons. The highest BCUT2D eigenvalue weighted by molar-refractivity contribution is 6.65. The molecule has 35 nitrogen and oxygen atoms in total. The summed E-state index contributed by atoms with van der Waals surface area (Å²) in [6, 6.07) is 0. The van der Waals surface area contributed by atoms with Gasteiger partial charge in [-0.2, -0.15) is 0 Å². The van der Waals surface area contributed by atoms with Crippen molar-refractivity contribution in [3.63, 3.8) is 0 Å². The third-order valence-electron chi connectivity index (χ3n) is 1.37. The molecule has 0 fully saturated rings. The number of hydrogen-bond acceptors (Lipinski definition) is 35. The molecule has 0 rings (SSSR count). The minimum absolute atomic E-state index is 3.24. The molecule has 0 unspecified atom stereocenters. The first-order valence-electron chi connectivity index (χ1n) is 8.75. The van der Waals surface area contributed by atoms with Crippen molar-refractivity contribution >= 4 is 90.5 Å². The zero-order chi connectivity index (χ0) is 38.5. The molecule has 0 saturated heterocycles. The number of rotatable bonds is 10. The minimum Gasteiger partial charge on any atom is -0.368 e. The van der Waals surface area contributed by atoms with Crippen molar-refractivity contribution in [2.45, 2.75) is 0 Å². The fourth-order valence-electron chi connectivity index (χ4n) is 0.919. The van der Waals surface area contributed by atoms with Crippen LogP contribution < -0.4 is 0 Å². The quantitative estimate of drug-likeness (QED) is 0.0906. The smallest absolute Gasteiger partial charge is 0.368 e. The zero-order valence-corrected chi connectivity index (χ0v) is 30.5. The summed E-state index contributed by atoms with van der Waals surface area (Å²) in [7, 11) is -49.8. The summed E-state index contributed by atoms with van der Waals surface area (Å²) in [6.45, 7) is 0. The van der Waals surface area contributed by atoms with Crippen molar-refractivity contribution in [3.8, 4) is 0 Å². The Morgan fingerprint density at radius 3 is 0.178 bits per heavy atom. The molecule has 0 aliphatic rings. The second kappa shape index (κ2) is 19.8. The molecule has 30 N–H and O–H groups in total. The van der Waals surface area contributed by atoms with Crippen molar-refractivity contribution in [2.75, 3.05) is 0 Å². The van der Waals surface area contributed by atoms with Crippen LogP contribution >= 0.6 is 0 Å². The third kappa shape index (κ3) is 86.5. The van der Waals surface area contributed by atoms with Gasteiger partial charge in [0, 0.05) is 0 Å². The Kier molecular flexibility index (Phi) is 24.3. The van der Waals surface area contributed by atoms with Gasteiger partial charge in [0.05, 0.1) is 0 Å². The van der Waals surface area contributed by atoms with Crippen LogP contribution in [0.4, 0.5) is 0 Å². The van der Waals surface area contributed by atoms with Crippen LogP contribution in [0.3, 0.4) is 0 Å². The number of hydrogen-bond donors (Lipinski definition) is 30. The Morgan fingerprint density at radius 2 is 0.178 bits per heavy atom. The molecule has 0 radical (unpaired) electrons. The summed E-state index contributed by atoms with van der Waals surface area (Å²) < 4.78 is 16.2. The summed E-state index contributed by atoms with van der Waals surface area (Å²) in [5.41, 5.74) is 0. The maximum absolute atomic E-state index is 7.94. The lowest BCUT2D eigenvalue weighted by Crippen LogP contribution is -2.53. The predicted molar refractivity (Wildman–Crippen MR) is 130 cm³/mol. The van der Waals surface area contributed by atoms with E-state index in [1.807, 2.05) is 0 Å². The van der Waals surface area contributed by atoms with E-state index in [1.165, 1.54) is 0 Å². The predicted octanol–water partition coefficient (Wildman–Crippen LogP) is -20.9. The van der Waals surface area contributed by atoms with Gasteiger partial charge in [0.2, 0.25) is 0 Å². The Morgan fingerprint density at radius 1 is 0.133 bits per heavy atom. The topological polar surface area (TPSA) is 653 Å². The van der Waals surface area contributed by atoms with Crippen molar-refractivity contribution in [2.24, 2.45) is 0 Å². The lowest BCUT2D eigenvalue weighted by molar-refractivity contribution is 0.0369. The molecule has 0 heterocycles. The molecule has 45 heteroatoms. The van der Waals surface area contributed by atoms with Gasteiger partial charge in [-0.3, -0.25) is 0 Å². The summed E-state index contributed by atoms with van der Waals surface area (Å²) in [5.74, 6) is 0. The highest BCUT2D eigenvalue weighted by Crippen LogP contribution is 1.99. The maximum Gasteiger partial charge on any atom is 0.665 e. The van der Waals surface area contributed by atoms with Crippen molar-refractivity contribution < 1.29 is 164 Å². The van der Waals surface area contributed by atoms with Crippen LogP contribution in [0.5, 0.6) is 0 Å². The zero-order valence-electron chi connectivity index (χ0n) is 20.5. The molecule has 45 heavy (non-hydrogen) atoms. The Hall–Kier alpha value is 0.769. The molecule has 0 amide bonds. The van der Waals surface area contributed by atoms with Gasteiger partial charge < -0.3 is 164 Å². The van der Waals surface area contributed by atoms with Crippen LogP contribution in [0.25, 0.3) is 0 Å². The van der Waals surface area contributed by atoms with E-state index in [4.69, 9.17) is 144 Å². The highest BCUT2D eigenvalue weighted by Gasteiger charge is 2.48. The lowest BCUT2D eigenvalue weighted by atomic mass is 15.6. The average molecular weight is 871 g/mol. The van der Waals surface area contributed by atoms with E-state index in [2.05, 4.69) is 20.6 Å². The molecule has 0 aromatic rings. The van der Waals surface area contributed by atoms with E-state index in [0.29, 0.717) is 0 Å². The first kappa shape index (κ1) is 55.2. The summed E-state index contributed by atoms with van der Waals surface area (Å²) in [5, 5.41) is 0. The molecular weight excluding hydrogens is 841 g/mol. The summed E-state index contributed by atoms with van der Waals surface area (Å²) >= 11 is 0. The van der Waals surface area contributed by atoms with Crippen LogP contribution in [0.2, 0.25) is 0 Å². The van der Waals surface area contributed by atoms with Crippen LogP contribution in [-0.4, -0.2) is 234 Å². The second-order valence-electron chi connectivity index (χ2n) is 6.25. The van der Waals surface area contributed by atoms with Gasteiger partial charge in [0.15, 0.2) is 0 Å². The van der Waals surface area contributed by atoms with Crippen LogP contribution in [0, 0.1) is 0 Å². The van der Waals surface area contributed by atoms with Crippen molar-refractivity contribution in [1.82, 2.24) is 0 Å². The van der Waals surface area contributed by atoms with Gasteiger partial charge >= 0.3 is 90.5 Å². The minimum atomic E-state index is -4.98. The standard InChI is InChI=1S/5H6O7Si2/c5*1-8(2,3)7-9(4,5)6/h5*1-6H. The average Bonchev–Trinajstić information content (AvgIpc) is 2.36. The van der Waals surface area contributed by atoms with Crippen LogP contribution in [0.15, 0.2) is 0 Å². The third-order valence-corrected chi connectivity index (χ3v) is 12.3. The monoisotopic (exact) mass is 870 g/mol. The maximum atomic E-state index is 7.94. The van der Waals surface area contributed by atoms with Gasteiger partial charge in [0.1, 0.15) is 0 Å². The van der Waals surface area contributed by atoms with E-state index in [1.54, 1.807) is 0 Å². The molecule has 0 aliphatic carbocycles. The molecule has 0 aliphatic heterocycles. The lowest BCUT2D eigenvalue weighted by Gasteiger charge is -2.14. The first-order valence-corrected chi connectivity index (χ1v) is 26.2. The Labute approximate surface area is 255 Å². The molecule has 0 aromatic heterocycles. The largest absolute Gasteiger partial charge is 0.665 e. The summed E-state index contributed by atoms with van der Waals surface area (Å²) in [4.78, 5) is 238. The highest BCUT2D eigenvalue weighted by atomic mass is 28.5. The van der Waals surface area contributed by atoms with Gasteiger partial charge in [0.25, 0.3) is 0 Å². The summed E-state index contributed by atoms with van der Waals surface area (Å²) in [6.07, 6.45) is 0. The molecule has 0 aromatic carbocycles. The second-order valence-corrected chi connectivity index (χ2v) is 21.8. The van der Waals surface area contributed by atoms with E-state index in [9.17, 15) is 0 Å². The van der Waals surface area contributed by atoms with E-state index in [-0.39, 0.29) is 0 Å². The fourth-order valence-corrected chi connectivity index (χ4v) is 8.27. The molecule has 0 saturated carbocycles. The van der Waals surface area contributed by atoms with Gasteiger partial charge in [-0.15, -0.1) is 0 Å². The van der Waals surface area contributed by atoms with Gasteiger partial charge in [-0.25, -0.2) is 0 Å². The van der Waals surface area contributed by atoms with E-state index < -0.39 is 90.5 Å². The Bertz CT molecular complexity index is 511. The first-order chi connectivity index (χ1) is 18.5.